The van der Waals surface area contributed by atoms with Crippen LogP contribution in [-0.4, -0.2) is 61.0 Å². The molecule has 1 aliphatic rings. The topological polar surface area (TPSA) is 84.4 Å². The first-order valence-corrected chi connectivity index (χ1v) is 9.32. The highest BCUT2D eigenvalue weighted by Gasteiger charge is 2.22. The SMILES string of the molecule is CC(CNS(=O)(=O)c1cccc2nsnc12)N1CCOCC1. The molecule has 1 N–H and O–H groups in total. The Morgan fingerprint density at radius 3 is 2.91 bits per heavy atom. The molecule has 2 aromatic rings. The molecule has 2 heterocycles. The van der Waals surface area contributed by atoms with E-state index in [1.165, 1.54) is 0 Å². The summed E-state index contributed by atoms with van der Waals surface area (Å²) in [4.78, 5) is 2.41. The molecule has 7 nitrogen and oxygen atoms in total. The lowest BCUT2D eigenvalue weighted by Gasteiger charge is -2.32. The summed E-state index contributed by atoms with van der Waals surface area (Å²) >= 11 is 1.02. The van der Waals surface area contributed by atoms with Crippen molar-refractivity contribution in [3.05, 3.63) is 18.2 Å². The third-order valence-corrected chi connectivity index (χ3v) is 5.77. The zero-order valence-electron chi connectivity index (χ0n) is 12.2. The Bertz CT molecular complexity index is 741. The van der Waals surface area contributed by atoms with Gasteiger partial charge in [0.25, 0.3) is 0 Å². The van der Waals surface area contributed by atoms with Crippen molar-refractivity contribution in [2.75, 3.05) is 32.8 Å². The molecule has 22 heavy (non-hydrogen) atoms. The molecular weight excluding hydrogens is 324 g/mol. The number of hydrogen-bond acceptors (Lipinski definition) is 7. The number of hydrogen-bond donors (Lipinski definition) is 1. The van der Waals surface area contributed by atoms with Crippen molar-refractivity contribution in [1.29, 1.82) is 0 Å². The van der Waals surface area contributed by atoms with Crippen molar-refractivity contribution >= 4 is 32.8 Å². The maximum absolute atomic E-state index is 12.5. The van der Waals surface area contributed by atoms with Crippen LogP contribution in [0.2, 0.25) is 0 Å². The van der Waals surface area contributed by atoms with Gasteiger partial charge in [-0.1, -0.05) is 6.07 Å². The van der Waals surface area contributed by atoms with E-state index in [4.69, 9.17) is 4.74 Å². The van der Waals surface area contributed by atoms with Crippen LogP contribution < -0.4 is 4.72 Å². The van der Waals surface area contributed by atoms with E-state index in [0.29, 0.717) is 30.8 Å². The fraction of sp³-hybridized carbons (Fsp3) is 0.538. The average Bonchev–Trinajstić information content (AvgIpc) is 3.02. The normalized spacial score (nSPS) is 18.6. The van der Waals surface area contributed by atoms with Crippen molar-refractivity contribution in [3.8, 4) is 0 Å². The predicted octanol–water partition coefficient (Wildman–Crippen LogP) is 0.690. The van der Waals surface area contributed by atoms with E-state index in [1.54, 1.807) is 18.2 Å². The molecule has 0 saturated carbocycles. The fourth-order valence-electron chi connectivity index (χ4n) is 2.45. The second-order valence-electron chi connectivity index (χ2n) is 5.24. The van der Waals surface area contributed by atoms with E-state index >= 15 is 0 Å². The van der Waals surface area contributed by atoms with E-state index in [0.717, 1.165) is 24.8 Å². The quantitative estimate of drug-likeness (QED) is 0.861. The second-order valence-corrected chi connectivity index (χ2v) is 7.50. The number of nitrogens with zero attached hydrogens (tertiary/aromatic N) is 3. The molecule has 0 amide bonds. The standard InChI is InChI=1S/C13H18N4O3S2/c1-10(17-5-7-20-8-6-17)9-14-22(18,19)12-4-2-3-11-13(12)16-21-15-11/h2-4,10,14H,5-9H2,1H3. The van der Waals surface area contributed by atoms with Gasteiger partial charge in [0.1, 0.15) is 15.9 Å². The monoisotopic (exact) mass is 342 g/mol. The zero-order chi connectivity index (χ0) is 15.6. The summed E-state index contributed by atoms with van der Waals surface area (Å²) in [5.74, 6) is 0. The van der Waals surface area contributed by atoms with E-state index in [2.05, 4.69) is 18.4 Å². The lowest BCUT2D eigenvalue weighted by Crippen LogP contribution is -2.47. The molecule has 1 saturated heterocycles. The highest BCUT2D eigenvalue weighted by molar-refractivity contribution is 7.89. The van der Waals surface area contributed by atoms with Crippen LogP contribution in [0.15, 0.2) is 23.1 Å². The van der Waals surface area contributed by atoms with E-state index < -0.39 is 10.0 Å². The van der Waals surface area contributed by atoms with Crippen LogP contribution in [0.1, 0.15) is 6.92 Å². The third kappa shape index (κ3) is 3.28. The highest BCUT2D eigenvalue weighted by atomic mass is 32.2. The molecule has 1 fully saturated rings. The van der Waals surface area contributed by atoms with Gasteiger partial charge in [0.05, 0.1) is 24.9 Å². The summed E-state index contributed by atoms with van der Waals surface area (Å²) in [6.07, 6.45) is 0. The van der Waals surface area contributed by atoms with Crippen molar-refractivity contribution in [2.45, 2.75) is 17.9 Å². The Kier molecular flexibility index (Phi) is 4.69. The number of rotatable bonds is 5. The summed E-state index contributed by atoms with van der Waals surface area (Å²) in [6, 6.07) is 5.12. The van der Waals surface area contributed by atoms with Crippen molar-refractivity contribution in [1.82, 2.24) is 18.4 Å². The number of fused-ring (bicyclic) bond motifs is 1. The van der Waals surface area contributed by atoms with Gasteiger partial charge in [-0.3, -0.25) is 4.90 Å². The molecular formula is C13H18N4O3S2. The number of nitrogens with one attached hydrogen (secondary N) is 1. The third-order valence-electron chi connectivity index (χ3n) is 3.78. The summed E-state index contributed by atoms with van der Waals surface area (Å²) in [7, 11) is -3.59. The number of ether oxygens (including phenoxy) is 1. The lowest BCUT2D eigenvalue weighted by atomic mass is 10.2. The lowest BCUT2D eigenvalue weighted by molar-refractivity contribution is 0.0213. The largest absolute Gasteiger partial charge is 0.379 e. The average molecular weight is 342 g/mol. The number of aromatic nitrogens is 2. The number of sulfonamides is 1. The molecule has 1 aromatic heterocycles. The van der Waals surface area contributed by atoms with Gasteiger partial charge in [0.15, 0.2) is 0 Å². The molecule has 0 aliphatic carbocycles. The molecule has 1 atom stereocenters. The maximum atomic E-state index is 12.5. The van der Waals surface area contributed by atoms with E-state index in [-0.39, 0.29) is 10.9 Å². The summed E-state index contributed by atoms with van der Waals surface area (Å²) in [5, 5.41) is 0. The van der Waals surface area contributed by atoms with Gasteiger partial charge in [-0.15, -0.1) is 0 Å². The van der Waals surface area contributed by atoms with Gasteiger partial charge in [-0.2, -0.15) is 8.75 Å². The van der Waals surface area contributed by atoms with Gasteiger partial charge in [0.2, 0.25) is 10.0 Å². The molecule has 0 spiro atoms. The molecule has 0 bridgehead atoms. The maximum Gasteiger partial charge on any atom is 0.242 e. The molecule has 1 aromatic carbocycles. The molecule has 0 radical (unpaired) electrons. The molecule has 9 heteroatoms. The minimum absolute atomic E-state index is 0.117. The summed E-state index contributed by atoms with van der Waals surface area (Å²) in [6.45, 7) is 5.42. The van der Waals surface area contributed by atoms with Crippen LogP contribution in [0.25, 0.3) is 11.0 Å². The fourth-order valence-corrected chi connectivity index (χ4v) is 4.34. The van der Waals surface area contributed by atoms with Crippen molar-refractivity contribution < 1.29 is 13.2 Å². The van der Waals surface area contributed by atoms with Crippen LogP contribution in [0.5, 0.6) is 0 Å². The second kappa shape index (κ2) is 6.55. The van der Waals surface area contributed by atoms with Crippen LogP contribution in [0.3, 0.4) is 0 Å². The summed E-state index contributed by atoms with van der Waals surface area (Å²) < 4.78 is 41.2. The van der Waals surface area contributed by atoms with Crippen LogP contribution in [0.4, 0.5) is 0 Å². The van der Waals surface area contributed by atoms with Crippen LogP contribution in [-0.2, 0) is 14.8 Å². The first kappa shape index (κ1) is 15.8. The number of morpholine rings is 1. The Hall–Kier alpha value is -1.13. The Labute approximate surface area is 133 Å². The Balaban J connectivity index is 1.72. The molecule has 1 unspecified atom stereocenters. The number of benzene rings is 1. The van der Waals surface area contributed by atoms with Gasteiger partial charge in [-0.05, 0) is 19.1 Å². The minimum Gasteiger partial charge on any atom is -0.379 e. The molecule has 1 aliphatic heterocycles. The van der Waals surface area contributed by atoms with Gasteiger partial charge < -0.3 is 4.74 Å². The van der Waals surface area contributed by atoms with Gasteiger partial charge >= 0.3 is 0 Å². The highest BCUT2D eigenvalue weighted by Crippen LogP contribution is 2.20. The summed E-state index contributed by atoms with van der Waals surface area (Å²) in [5.41, 5.74) is 1.04. The smallest absolute Gasteiger partial charge is 0.242 e. The zero-order valence-corrected chi connectivity index (χ0v) is 13.9. The van der Waals surface area contributed by atoms with Crippen molar-refractivity contribution in [2.24, 2.45) is 0 Å². The Morgan fingerprint density at radius 2 is 2.14 bits per heavy atom. The minimum atomic E-state index is -3.59. The van der Waals surface area contributed by atoms with Crippen molar-refractivity contribution in [3.63, 3.8) is 0 Å². The first-order chi connectivity index (χ1) is 10.6. The molecule has 120 valence electrons. The first-order valence-electron chi connectivity index (χ1n) is 7.11. The van der Waals surface area contributed by atoms with Crippen LogP contribution in [0, 0.1) is 0 Å². The Morgan fingerprint density at radius 1 is 1.36 bits per heavy atom. The van der Waals surface area contributed by atoms with Gasteiger partial charge in [-0.25, -0.2) is 13.1 Å². The van der Waals surface area contributed by atoms with Crippen LogP contribution >= 0.6 is 11.7 Å². The van der Waals surface area contributed by atoms with E-state index in [9.17, 15) is 8.42 Å². The molecule has 3 rings (SSSR count). The van der Waals surface area contributed by atoms with E-state index in [1.807, 2.05) is 6.92 Å². The van der Waals surface area contributed by atoms with Gasteiger partial charge in [0, 0.05) is 25.7 Å². The predicted molar refractivity (Wildman–Crippen MR) is 84.5 cm³/mol.